The number of fused-ring (bicyclic) bond motifs is 1. The number of hydrogen-bond donors (Lipinski definition) is 1. The first-order valence-corrected chi connectivity index (χ1v) is 8.82. The number of rotatable bonds is 3. The molecule has 0 atom stereocenters. The number of hydrogen-bond acceptors (Lipinski definition) is 4. The number of nitrogens with zero attached hydrogens (tertiary/aromatic N) is 3. The molecule has 2 aromatic heterocycles. The van der Waals surface area contributed by atoms with Crippen molar-refractivity contribution < 1.29 is 13.2 Å². The van der Waals surface area contributed by atoms with Gasteiger partial charge in [0.1, 0.15) is 5.82 Å². The molecule has 1 aliphatic heterocycles. The molecule has 1 aliphatic rings. The zero-order valence-electron chi connectivity index (χ0n) is 14.8. The Morgan fingerprint density at radius 3 is 2.57 bits per heavy atom. The maximum atomic E-state index is 12.7. The molecule has 0 saturated carbocycles. The summed E-state index contributed by atoms with van der Waals surface area (Å²) < 4.78 is 38.2. The largest absolute Gasteiger partial charge is 0.416 e. The number of aromatic nitrogens is 3. The van der Waals surface area contributed by atoms with Crippen molar-refractivity contribution in [1.82, 2.24) is 19.9 Å². The summed E-state index contributed by atoms with van der Waals surface area (Å²) in [5.41, 5.74) is 1.67. The summed E-state index contributed by atoms with van der Waals surface area (Å²) in [7, 11) is 0. The third-order valence-corrected chi connectivity index (χ3v) is 4.75. The lowest BCUT2D eigenvalue weighted by Crippen LogP contribution is -2.35. The van der Waals surface area contributed by atoms with E-state index in [1.807, 2.05) is 18.2 Å². The van der Waals surface area contributed by atoms with Gasteiger partial charge >= 0.3 is 6.18 Å². The van der Waals surface area contributed by atoms with E-state index in [0.717, 1.165) is 24.4 Å². The molecule has 3 aromatic rings. The SMILES string of the molecule is O=c1[nH]c(-c2ccc(C(F)(F)F)cc2)nc2c1CN(Cc1ccccn1)CC2. The second-order valence-corrected chi connectivity index (χ2v) is 6.70. The predicted octanol–water partition coefficient (Wildman–Crippen LogP) is 3.41. The molecular formula is C20H17F3N4O. The van der Waals surface area contributed by atoms with Gasteiger partial charge in [-0.15, -0.1) is 0 Å². The van der Waals surface area contributed by atoms with Gasteiger partial charge in [0, 0.05) is 37.8 Å². The lowest BCUT2D eigenvalue weighted by atomic mass is 10.1. The summed E-state index contributed by atoms with van der Waals surface area (Å²) in [6.45, 7) is 1.83. The molecule has 1 aromatic carbocycles. The fraction of sp³-hybridized carbons (Fsp3) is 0.250. The Hall–Kier alpha value is -3.00. The van der Waals surface area contributed by atoms with E-state index in [1.165, 1.54) is 12.1 Å². The molecule has 0 bridgehead atoms. The summed E-state index contributed by atoms with van der Waals surface area (Å²) in [5.74, 6) is 0.288. The maximum Gasteiger partial charge on any atom is 0.416 e. The summed E-state index contributed by atoms with van der Waals surface area (Å²) in [6, 6.07) is 10.3. The molecular weight excluding hydrogens is 369 g/mol. The van der Waals surface area contributed by atoms with E-state index in [0.29, 0.717) is 36.3 Å². The van der Waals surface area contributed by atoms with Crippen LogP contribution >= 0.6 is 0 Å². The highest BCUT2D eigenvalue weighted by Crippen LogP contribution is 2.30. The maximum absolute atomic E-state index is 12.7. The van der Waals surface area contributed by atoms with Crippen LogP contribution in [0.2, 0.25) is 0 Å². The molecule has 0 aliphatic carbocycles. The molecule has 4 rings (SSSR count). The van der Waals surface area contributed by atoms with Gasteiger partial charge < -0.3 is 4.98 Å². The van der Waals surface area contributed by atoms with Gasteiger partial charge in [0.15, 0.2) is 0 Å². The second kappa shape index (κ2) is 7.20. The molecule has 0 radical (unpaired) electrons. The van der Waals surface area contributed by atoms with Gasteiger partial charge in [-0.1, -0.05) is 18.2 Å². The fourth-order valence-electron chi connectivity index (χ4n) is 3.29. The van der Waals surface area contributed by atoms with E-state index < -0.39 is 11.7 Å². The van der Waals surface area contributed by atoms with Crippen LogP contribution in [0.15, 0.2) is 53.5 Å². The normalized spacial score (nSPS) is 14.7. The van der Waals surface area contributed by atoms with Gasteiger partial charge in [0.25, 0.3) is 5.56 Å². The second-order valence-electron chi connectivity index (χ2n) is 6.70. The first kappa shape index (κ1) is 18.4. The van der Waals surface area contributed by atoms with Crippen molar-refractivity contribution in [3.8, 4) is 11.4 Å². The van der Waals surface area contributed by atoms with Crippen molar-refractivity contribution >= 4 is 0 Å². The van der Waals surface area contributed by atoms with Gasteiger partial charge in [-0.3, -0.25) is 14.7 Å². The zero-order chi connectivity index (χ0) is 19.7. The summed E-state index contributed by atoms with van der Waals surface area (Å²) >= 11 is 0. The average molecular weight is 386 g/mol. The van der Waals surface area contributed by atoms with Gasteiger partial charge in [-0.2, -0.15) is 13.2 Å². The van der Waals surface area contributed by atoms with Crippen LogP contribution in [0.4, 0.5) is 13.2 Å². The van der Waals surface area contributed by atoms with E-state index in [1.54, 1.807) is 6.20 Å². The fourth-order valence-corrected chi connectivity index (χ4v) is 3.29. The molecule has 0 unspecified atom stereocenters. The van der Waals surface area contributed by atoms with Crippen molar-refractivity contribution in [3.05, 3.63) is 81.5 Å². The third-order valence-electron chi connectivity index (χ3n) is 4.75. The minimum absolute atomic E-state index is 0.259. The van der Waals surface area contributed by atoms with Gasteiger partial charge in [-0.05, 0) is 24.3 Å². The van der Waals surface area contributed by atoms with Crippen LogP contribution in [0.1, 0.15) is 22.5 Å². The summed E-state index contributed by atoms with van der Waals surface area (Å²) in [4.78, 5) is 26.2. The highest BCUT2D eigenvalue weighted by atomic mass is 19.4. The van der Waals surface area contributed by atoms with Crippen molar-refractivity contribution in [2.75, 3.05) is 6.54 Å². The predicted molar refractivity (Wildman–Crippen MR) is 97.4 cm³/mol. The van der Waals surface area contributed by atoms with Crippen LogP contribution in [0.3, 0.4) is 0 Å². The summed E-state index contributed by atoms with van der Waals surface area (Å²) in [6.07, 6.45) is -2.07. The Labute approximate surface area is 158 Å². The Kier molecular flexibility index (Phi) is 4.72. The van der Waals surface area contributed by atoms with E-state index in [-0.39, 0.29) is 11.4 Å². The van der Waals surface area contributed by atoms with E-state index in [9.17, 15) is 18.0 Å². The quantitative estimate of drug-likeness (QED) is 0.749. The number of nitrogens with one attached hydrogen (secondary N) is 1. The highest BCUT2D eigenvalue weighted by Gasteiger charge is 2.30. The van der Waals surface area contributed by atoms with E-state index in [2.05, 4.69) is 19.9 Å². The standard InChI is InChI=1S/C20H17F3N4O/c21-20(22,23)14-6-4-13(5-7-14)18-25-17-8-10-27(12-16(17)19(28)26-18)11-15-3-1-2-9-24-15/h1-7,9H,8,10-12H2,(H,25,26,28). The summed E-state index contributed by atoms with van der Waals surface area (Å²) in [5, 5.41) is 0. The topological polar surface area (TPSA) is 61.9 Å². The van der Waals surface area contributed by atoms with Crippen LogP contribution in [-0.2, 0) is 25.7 Å². The van der Waals surface area contributed by atoms with E-state index in [4.69, 9.17) is 0 Å². The lowest BCUT2D eigenvalue weighted by molar-refractivity contribution is -0.137. The van der Waals surface area contributed by atoms with Crippen molar-refractivity contribution in [3.63, 3.8) is 0 Å². The first-order chi connectivity index (χ1) is 13.4. The van der Waals surface area contributed by atoms with Crippen molar-refractivity contribution in [2.24, 2.45) is 0 Å². The van der Waals surface area contributed by atoms with Gasteiger partial charge in [-0.25, -0.2) is 4.98 Å². The molecule has 28 heavy (non-hydrogen) atoms. The molecule has 3 heterocycles. The zero-order valence-corrected chi connectivity index (χ0v) is 14.8. The molecule has 0 fully saturated rings. The van der Waals surface area contributed by atoms with Gasteiger partial charge in [0.05, 0.1) is 22.5 Å². The van der Waals surface area contributed by atoms with Crippen LogP contribution < -0.4 is 5.56 Å². The molecule has 5 nitrogen and oxygen atoms in total. The van der Waals surface area contributed by atoms with Crippen LogP contribution in [0, 0.1) is 0 Å². The molecule has 8 heteroatoms. The van der Waals surface area contributed by atoms with Crippen molar-refractivity contribution in [1.29, 1.82) is 0 Å². The molecule has 0 spiro atoms. The number of benzene rings is 1. The number of pyridine rings is 1. The van der Waals surface area contributed by atoms with Crippen LogP contribution in [0.25, 0.3) is 11.4 Å². The monoisotopic (exact) mass is 386 g/mol. The Morgan fingerprint density at radius 1 is 1.11 bits per heavy atom. The number of H-pyrrole nitrogens is 1. The smallest absolute Gasteiger partial charge is 0.306 e. The Bertz CT molecular complexity index is 1030. The Morgan fingerprint density at radius 2 is 1.89 bits per heavy atom. The number of alkyl halides is 3. The highest BCUT2D eigenvalue weighted by molar-refractivity contribution is 5.56. The molecule has 144 valence electrons. The first-order valence-electron chi connectivity index (χ1n) is 8.82. The lowest BCUT2D eigenvalue weighted by Gasteiger charge is -2.27. The number of halogens is 3. The van der Waals surface area contributed by atoms with Crippen LogP contribution in [0.5, 0.6) is 0 Å². The minimum Gasteiger partial charge on any atom is -0.306 e. The van der Waals surface area contributed by atoms with Crippen LogP contribution in [-0.4, -0.2) is 26.4 Å². The van der Waals surface area contributed by atoms with Crippen molar-refractivity contribution in [2.45, 2.75) is 25.7 Å². The Balaban J connectivity index is 1.57. The third kappa shape index (κ3) is 3.82. The molecule has 0 amide bonds. The van der Waals surface area contributed by atoms with Gasteiger partial charge in [0.2, 0.25) is 0 Å². The number of aromatic amines is 1. The minimum atomic E-state index is -4.40. The van der Waals surface area contributed by atoms with E-state index >= 15 is 0 Å². The molecule has 0 saturated heterocycles. The average Bonchev–Trinajstić information content (AvgIpc) is 2.68. The molecule has 1 N–H and O–H groups in total.